The summed E-state index contributed by atoms with van der Waals surface area (Å²) in [6.45, 7) is 2.00. The highest BCUT2D eigenvalue weighted by molar-refractivity contribution is 5.78. The predicted molar refractivity (Wildman–Crippen MR) is 57.8 cm³/mol. The van der Waals surface area contributed by atoms with Gasteiger partial charge in [-0.15, -0.1) is 0 Å². The molecule has 15 heavy (non-hydrogen) atoms. The lowest BCUT2D eigenvalue weighted by atomic mass is 10.0. The van der Waals surface area contributed by atoms with Gasteiger partial charge in [0.05, 0.1) is 12.1 Å². The summed E-state index contributed by atoms with van der Waals surface area (Å²) < 4.78 is 0. The molecule has 3 heteroatoms. The lowest BCUT2D eigenvalue weighted by molar-refractivity contribution is -0.120. The number of rotatable bonds is 4. The van der Waals surface area contributed by atoms with Crippen LogP contribution in [-0.2, 0) is 4.79 Å². The van der Waals surface area contributed by atoms with Crippen LogP contribution >= 0.6 is 0 Å². The van der Waals surface area contributed by atoms with E-state index in [4.69, 9.17) is 5.26 Å². The second-order valence-corrected chi connectivity index (χ2v) is 3.27. The first kappa shape index (κ1) is 11.3. The quantitative estimate of drug-likeness (QED) is 0.813. The van der Waals surface area contributed by atoms with Gasteiger partial charge < -0.3 is 5.32 Å². The molecule has 1 aromatic carbocycles. The van der Waals surface area contributed by atoms with Gasteiger partial charge in [-0.05, 0) is 12.0 Å². The van der Waals surface area contributed by atoms with Crippen molar-refractivity contribution in [3.63, 3.8) is 0 Å². The summed E-state index contributed by atoms with van der Waals surface area (Å²) in [5.41, 5.74) is 1.08. The summed E-state index contributed by atoms with van der Waals surface area (Å²) >= 11 is 0. The van der Waals surface area contributed by atoms with Crippen LogP contribution in [0.1, 0.15) is 31.4 Å². The average molecular weight is 202 g/mol. The standard InChI is InChI=1S/C12H14N2O/c1-2-11(14-12(15)8-9-13)10-6-4-3-5-7-10/h3-7,11H,2,8H2,1H3,(H,14,15)/t11-/m0/s1. The molecule has 0 spiro atoms. The zero-order valence-corrected chi connectivity index (χ0v) is 8.73. The number of carbonyl (C=O) groups excluding carboxylic acids is 1. The number of nitriles is 1. The minimum absolute atomic E-state index is 0.00653. The van der Waals surface area contributed by atoms with E-state index in [1.165, 1.54) is 0 Å². The fraction of sp³-hybridized carbons (Fsp3) is 0.333. The molecule has 0 bridgehead atoms. The summed E-state index contributed by atoms with van der Waals surface area (Å²) in [4.78, 5) is 11.3. The zero-order valence-electron chi connectivity index (χ0n) is 8.73. The Labute approximate surface area is 89.7 Å². The maximum atomic E-state index is 11.3. The van der Waals surface area contributed by atoms with E-state index >= 15 is 0 Å². The monoisotopic (exact) mass is 202 g/mol. The van der Waals surface area contributed by atoms with Gasteiger partial charge in [-0.1, -0.05) is 37.3 Å². The molecule has 1 N–H and O–H groups in total. The summed E-state index contributed by atoms with van der Waals surface area (Å²) in [5.74, 6) is -0.215. The Morgan fingerprint density at radius 2 is 2.13 bits per heavy atom. The Hall–Kier alpha value is -1.82. The SMILES string of the molecule is CC[C@H](NC(=O)CC#N)c1ccccc1. The molecule has 1 aromatic rings. The third-order valence-electron chi connectivity index (χ3n) is 2.19. The Morgan fingerprint density at radius 3 is 2.67 bits per heavy atom. The first-order valence-electron chi connectivity index (χ1n) is 4.99. The summed E-state index contributed by atoms with van der Waals surface area (Å²) in [6, 6.07) is 11.6. The maximum absolute atomic E-state index is 11.3. The molecule has 0 unspecified atom stereocenters. The van der Waals surface area contributed by atoms with E-state index in [9.17, 15) is 4.79 Å². The van der Waals surface area contributed by atoms with Crippen molar-refractivity contribution < 1.29 is 4.79 Å². The molecular weight excluding hydrogens is 188 g/mol. The molecule has 0 aliphatic carbocycles. The van der Waals surface area contributed by atoms with Crippen LogP contribution in [0.5, 0.6) is 0 Å². The van der Waals surface area contributed by atoms with Crippen LogP contribution in [0.3, 0.4) is 0 Å². The molecule has 0 aliphatic heterocycles. The largest absolute Gasteiger partial charge is 0.348 e. The fourth-order valence-electron chi connectivity index (χ4n) is 1.42. The van der Waals surface area contributed by atoms with Crippen molar-refractivity contribution in [2.45, 2.75) is 25.8 Å². The van der Waals surface area contributed by atoms with Gasteiger partial charge >= 0.3 is 0 Å². The van der Waals surface area contributed by atoms with E-state index in [1.807, 2.05) is 43.3 Å². The lowest BCUT2D eigenvalue weighted by Gasteiger charge is -2.16. The minimum atomic E-state index is -0.215. The van der Waals surface area contributed by atoms with Crippen LogP contribution in [-0.4, -0.2) is 5.91 Å². The highest BCUT2D eigenvalue weighted by Gasteiger charge is 2.11. The van der Waals surface area contributed by atoms with Crippen LogP contribution in [0.2, 0.25) is 0 Å². The number of nitrogens with zero attached hydrogens (tertiary/aromatic N) is 1. The first-order chi connectivity index (χ1) is 7.27. The number of hydrogen-bond acceptors (Lipinski definition) is 2. The van der Waals surface area contributed by atoms with Gasteiger partial charge in [0, 0.05) is 0 Å². The van der Waals surface area contributed by atoms with Gasteiger partial charge in [-0.3, -0.25) is 4.79 Å². The van der Waals surface area contributed by atoms with Gasteiger partial charge in [-0.2, -0.15) is 5.26 Å². The smallest absolute Gasteiger partial charge is 0.234 e. The van der Waals surface area contributed by atoms with E-state index in [0.717, 1.165) is 12.0 Å². The number of hydrogen-bond donors (Lipinski definition) is 1. The van der Waals surface area contributed by atoms with Gasteiger partial charge in [0.1, 0.15) is 6.42 Å². The molecular formula is C12H14N2O. The normalized spacial score (nSPS) is 11.5. The molecule has 0 aliphatic rings. The molecule has 3 nitrogen and oxygen atoms in total. The van der Waals surface area contributed by atoms with E-state index in [2.05, 4.69) is 5.32 Å². The average Bonchev–Trinajstić information content (AvgIpc) is 2.27. The minimum Gasteiger partial charge on any atom is -0.348 e. The third kappa shape index (κ3) is 3.43. The van der Waals surface area contributed by atoms with E-state index in [-0.39, 0.29) is 18.4 Å². The van der Waals surface area contributed by atoms with Crippen molar-refractivity contribution in [3.05, 3.63) is 35.9 Å². The van der Waals surface area contributed by atoms with Crippen LogP contribution < -0.4 is 5.32 Å². The van der Waals surface area contributed by atoms with Crippen molar-refractivity contribution >= 4 is 5.91 Å². The summed E-state index contributed by atoms with van der Waals surface area (Å²) in [6.07, 6.45) is 0.741. The van der Waals surface area contributed by atoms with Gasteiger partial charge in [0.25, 0.3) is 0 Å². The number of amides is 1. The molecule has 0 saturated carbocycles. The van der Waals surface area contributed by atoms with Crippen molar-refractivity contribution in [3.8, 4) is 6.07 Å². The van der Waals surface area contributed by atoms with Gasteiger partial charge in [0.2, 0.25) is 5.91 Å². The summed E-state index contributed by atoms with van der Waals surface area (Å²) in [7, 11) is 0. The Bertz CT molecular complexity index is 354. The molecule has 0 heterocycles. The number of benzene rings is 1. The van der Waals surface area contributed by atoms with Crippen LogP contribution in [0.15, 0.2) is 30.3 Å². The maximum Gasteiger partial charge on any atom is 0.234 e. The molecule has 78 valence electrons. The first-order valence-corrected chi connectivity index (χ1v) is 4.99. The van der Waals surface area contributed by atoms with Crippen LogP contribution in [0.25, 0.3) is 0 Å². The molecule has 1 atom stereocenters. The van der Waals surface area contributed by atoms with E-state index < -0.39 is 0 Å². The number of nitrogens with one attached hydrogen (secondary N) is 1. The van der Waals surface area contributed by atoms with Crippen molar-refractivity contribution in [2.75, 3.05) is 0 Å². The van der Waals surface area contributed by atoms with Crippen molar-refractivity contribution in [1.29, 1.82) is 5.26 Å². The second kappa shape index (κ2) is 5.82. The molecule has 1 amide bonds. The second-order valence-electron chi connectivity index (χ2n) is 3.27. The van der Waals surface area contributed by atoms with Crippen molar-refractivity contribution in [2.24, 2.45) is 0 Å². The van der Waals surface area contributed by atoms with Crippen LogP contribution in [0, 0.1) is 11.3 Å². The molecule has 0 fully saturated rings. The summed E-state index contributed by atoms with van der Waals surface area (Å²) in [5, 5.41) is 11.2. The molecule has 0 aromatic heterocycles. The van der Waals surface area contributed by atoms with E-state index in [0.29, 0.717) is 0 Å². The Morgan fingerprint density at radius 1 is 1.47 bits per heavy atom. The lowest BCUT2D eigenvalue weighted by Crippen LogP contribution is -2.27. The Kier molecular flexibility index (Phi) is 4.36. The topological polar surface area (TPSA) is 52.9 Å². The zero-order chi connectivity index (χ0) is 11.1. The third-order valence-corrected chi connectivity index (χ3v) is 2.19. The molecule has 1 rings (SSSR count). The highest BCUT2D eigenvalue weighted by Crippen LogP contribution is 2.15. The highest BCUT2D eigenvalue weighted by atomic mass is 16.1. The molecule has 0 radical (unpaired) electrons. The van der Waals surface area contributed by atoms with Gasteiger partial charge in [-0.25, -0.2) is 0 Å². The van der Waals surface area contributed by atoms with E-state index in [1.54, 1.807) is 0 Å². The Balaban J connectivity index is 2.65. The molecule has 0 saturated heterocycles. The van der Waals surface area contributed by atoms with Crippen LogP contribution in [0.4, 0.5) is 0 Å². The fourth-order valence-corrected chi connectivity index (χ4v) is 1.42. The van der Waals surface area contributed by atoms with Crippen molar-refractivity contribution in [1.82, 2.24) is 5.32 Å². The van der Waals surface area contributed by atoms with Gasteiger partial charge in [0.15, 0.2) is 0 Å². The predicted octanol–water partition coefficient (Wildman–Crippen LogP) is 2.17. The number of carbonyl (C=O) groups is 1.